The summed E-state index contributed by atoms with van der Waals surface area (Å²) >= 11 is 5.92. The predicted molar refractivity (Wildman–Crippen MR) is 84.8 cm³/mol. The van der Waals surface area contributed by atoms with Crippen LogP contribution >= 0.6 is 11.6 Å². The summed E-state index contributed by atoms with van der Waals surface area (Å²) in [6.45, 7) is -1.93. The molecule has 0 aliphatic carbocycles. The van der Waals surface area contributed by atoms with E-state index in [1.807, 2.05) is 0 Å². The molecule has 2 heterocycles. The zero-order chi connectivity index (χ0) is 19.0. The van der Waals surface area contributed by atoms with Gasteiger partial charge in [0.25, 0.3) is 0 Å². The summed E-state index contributed by atoms with van der Waals surface area (Å²) in [5, 5.41) is 12.7. The van der Waals surface area contributed by atoms with E-state index in [-0.39, 0.29) is 32.8 Å². The van der Waals surface area contributed by atoms with E-state index in [0.717, 1.165) is 18.3 Å². The minimum absolute atomic E-state index is 0.0314. The SMILES string of the molecule is Cc1nn(-c2cc(Oc3ccc(O)cn3)c(Cl)cc2F)c(=O)n1C(F)F. The van der Waals surface area contributed by atoms with Gasteiger partial charge in [-0.2, -0.15) is 13.5 Å². The molecule has 0 saturated carbocycles. The van der Waals surface area contributed by atoms with Gasteiger partial charge in [0.15, 0.2) is 5.82 Å². The quantitative estimate of drug-likeness (QED) is 0.743. The first kappa shape index (κ1) is 17.8. The first-order valence-corrected chi connectivity index (χ1v) is 7.44. The fourth-order valence-electron chi connectivity index (χ4n) is 2.16. The average Bonchev–Trinajstić information content (AvgIpc) is 2.86. The van der Waals surface area contributed by atoms with Gasteiger partial charge in [0.2, 0.25) is 5.88 Å². The van der Waals surface area contributed by atoms with Crippen molar-refractivity contribution in [3.05, 3.63) is 57.6 Å². The lowest BCUT2D eigenvalue weighted by atomic mass is 10.3. The highest BCUT2D eigenvalue weighted by atomic mass is 35.5. The van der Waals surface area contributed by atoms with Crippen LogP contribution in [0.1, 0.15) is 12.4 Å². The normalized spacial score (nSPS) is 11.2. The molecule has 0 fully saturated rings. The van der Waals surface area contributed by atoms with Gasteiger partial charge >= 0.3 is 12.2 Å². The number of halogens is 4. The Labute approximate surface area is 148 Å². The summed E-state index contributed by atoms with van der Waals surface area (Å²) in [6.07, 6.45) is 1.12. The Hall–Kier alpha value is -3.01. The van der Waals surface area contributed by atoms with Gasteiger partial charge in [0, 0.05) is 12.1 Å². The first-order valence-electron chi connectivity index (χ1n) is 7.06. The molecule has 3 rings (SSSR count). The highest BCUT2D eigenvalue weighted by Crippen LogP contribution is 2.32. The Morgan fingerprint density at radius 1 is 1.31 bits per heavy atom. The molecule has 0 radical (unpaired) electrons. The van der Waals surface area contributed by atoms with Crippen molar-refractivity contribution in [3.8, 4) is 23.1 Å². The molecule has 0 atom stereocenters. The number of pyridine rings is 1. The lowest BCUT2D eigenvalue weighted by molar-refractivity contribution is 0.0640. The summed E-state index contributed by atoms with van der Waals surface area (Å²) in [5.41, 5.74) is -1.64. The van der Waals surface area contributed by atoms with Crippen molar-refractivity contribution in [2.45, 2.75) is 13.5 Å². The van der Waals surface area contributed by atoms with Crippen LogP contribution < -0.4 is 10.4 Å². The van der Waals surface area contributed by atoms with Crippen LogP contribution in [-0.2, 0) is 0 Å². The van der Waals surface area contributed by atoms with Gasteiger partial charge in [-0.15, -0.1) is 5.10 Å². The second-order valence-corrected chi connectivity index (χ2v) is 5.49. The second kappa shape index (κ2) is 6.71. The molecule has 1 N–H and O–H groups in total. The number of aromatic nitrogens is 4. The topological polar surface area (TPSA) is 82.2 Å². The van der Waals surface area contributed by atoms with Crippen LogP contribution in [0.2, 0.25) is 5.02 Å². The van der Waals surface area contributed by atoms with Crippen LogP contribution in [0.3, 0.4) is 0 Å². The van der Waals surface area contributed by atoms with Crippen LogP contribution in [0.15, 0.2) is 35.3 Å². The number of hydrogen-bond donors (Lipinski definition) is 1. The Bertz CT molecular complexity index is 1020. The minimum atomic E-state index is -3.12. The minimum Gasteiger partial charge on any atom is -0.506 e. The molecule has 0 spiro atoms. The second-order valence-electron chi connectivity index (χ2n) is 5.08. The van der Waals surface area contributed by atoms with E-state index < -0.39 is 23.7 Å². The number of rotatable bonds is 4. The number of nitrogens with zero attached hydrogens (tertiary/aromatic N) is 4. The van der Waals surface area contributed by atoms with Gasteiger partial charge in [0.1, 0.15) is 23.0 Å². The zero-order valence-electron chi connectivity index (χ0n) is 13.0. The van der Waals surface area contributed by atoms with E-state index in [2.05, 4.69) is 10.1 Å². The van der Waals surface area contributed by atoms with Crippen LogP contribution in [0.25, 0.3) is 5.69 Å². The number of ether oxygens (including phenoxy) is 1. The van der Waals surface area contributed by atoms with E-state index in [1.165, 1.54) is 19.1 Å². The van der Waals surface area contributed by atoms with Gasteiger partial charge in [-0.3, -0.25) is 0 Å². The number of alkyl halides is 2. The fraction of sp³-hybridized carbons (Fsp3) is 0.133. The monoisotopic (exact) mass is 386 g/mol. The van der Waals surface area contributed by atoms with E-state index in [0.29, 0.717) is 4.68 Å². The maximum Gasteiger partial charge on any atom is 0.355 e. The Balaban J connectivity index is 2.08. The van der Waals surface area contributed by atoms with E-state index >= 15 is 0 Å². The fourth-order valence-corrected chi connectivity index (χ4v) is 2.35. The van der Waals surface area contributed by atoms with E-state index in [9.17, 15) is 23.1 Å². The summed E-state index contributed by atoms with van der Waals surface area (Å²) in [4.78, 5) is 15.9. The third kappa shape index (κ3) is 3.23. The number of aryl methyl sites for hydroxylation is 1. The maximum absolute atomic E-state index is 14.2. The van der Waals surface area contributed by atoms with Crippen LogP contribution in [0.4, 0.5) is 13.2 Å². The summed E-state index contributed by atoms with van der Waals surface area (Å²) in [5.74, 6) is -1.40. The van der Waals surface area contributed by atoms with Crippen molar-refractivity contribution in [1.29, 1.82) is 0 Å². The molecule has 7 nitrogen and oxygen atoms in total. The molecule has 0 saturated heterocycles. The van der Waals surface area contributed by atoms with Gasteiger partial charge < -0.3 is 9.84 Å². The Morgan fingerprint density at radius 2 is 2.04 bits per heavy atom. The predicted octanol–water partition coefficient (Wildman–Crippen LogP) is 3.42. The highest BCUT2D eigenvalue weighted by Gasteiger charge is 2.21. The number of hydrogen-bond acceptors (Lipinski definition) is 5. The van der Waals surface area contributed by atoms with Crippen molar-refractivity contribution < 1.29 is 23.0 Å². The third-order valence-electron chi connectivity index (χ3n) is 3.34. The lowest BCUT2D eigenvalue weighted by Gasteiger charge is -2.09. The van der Waals surface area contributed by atoms with E-state index in [4.69, 9.17) is 16.3 Å². The van der Waals surface area contributed by atoms with Crippen LogP contribution in [0, 0.1) is 12.7 Å². The lowest BCUT2D eigenvalue weighted by Crippen LogP contribution is -2.25. The Kier molecular flexibility index (Phi) is 4.60. The van der Waals surface area contributed by atoms with Crippen molar-refractivity contribution in [2.75, 3.05) is 0 Å². The number of benzene rings is 1. The van der Waals surface area contributed by atoms with Gasteiger partial charge in [-0.05, 0) is 19.1 Å². The molecule has 1 aromatic carbocycles. The van der Waals surface area contributed by atoms with E-state index in [1.54, 1.807) is 0 Å². The van der Waals surface area contributed by atoms with Gasteiger partial charge in [-0.25, -0.2) is 18.7 Å². The van der Waals surface area contributed by atoms with Crippen molar-refractivity contribution in [3.63, 3.8) is 0 Å². The molecular weight excluding hydrogens is 377 g/mol. The first-order chi connectivity index (χ1) is 12.3. The standard InChI is InChI=1S/C15H10ClF3N4O3/c1-7-21-23(15(25)22(7)14(18)19)11-5-12(9(16)4-10(11)17)26-13-3-2-8(24)6-20-13/h2-6,14,24H,1H3. The largest absolute Gasteiger partial charge is 0.506 e. The molecule has 0 aliphatic heterocycles. The smallest absolute Gasteiger partial charge is 0.355 e. The van der Waals surface area contributed by atoms with Crippen molar-refractivity contribution in [1.82, 2.24) is 19.3 Å². The average molecular weight is 387 g/mol. The van der Waals surface area contributed by atoms with Crippen molar-refractivity contribution in [2.24, 2.45) is 0 Å². The molecule has 26 heavy (non-hydrogen) atoms. The summed E-state index contributed by atoms with van der Waals surface area (Å²) < 4.78 is 46.1. The molecule has 0 bridgehead atoms. The molecule has 0 unspecified atom stereocenters. The number of aromatic hydroxyl groups is 1. The molecule has 136 valence electrons. The highest BCUT2D eigenvalue weighted by molar-refractivity contribution is 6.32. The Morgan fingerprint density at radius 3 is 2.62 bits per heavy atom. The van der Waals surface area contributed by atoms with Crippen LogP contribution in [0.5, 0.6) is 17.4 Å². The molecule has 3 aromatic rings. The van der Waals surface area contributed by atoms with Gasteiger partial charge in [0.05, 0.1) is 11.2 Å². The van der Waals surface area contributed by atoms with Crippen molar-refractivity contribution >= 4 is 11.6 Å². The molecular formula is C15H10ClF3N4O3. The molecule has 0 amide bonds. The summed E-state index contributed by atoms with van der Waals surface area (Å²) in [7, 11) is 0. The third-order valence-corrected chi connectivity index (χ3v) is 3.64. The molecule has 2 aromatic heterocycles. The summed E-state index contributed by atoms with van der Waals surface area (Å²) in [6, 6.07) is 4.53. The maximum atomic E-state index is 14.2. The molecule has 0 aliphatic rings. The zero-order valence-corrected chi connectivity index (χ0v) is 13.8. The van der Waals surface area contributed by atoms with Crippen LogP contribution in [-0.4, -0.2) is 24.4 Å². The van der Waals surface area contributed by atoms with Gasteiger partial charge in [-0.1, -0.05) is 11.6 Å². The molecule has 11 heteroatoms.